The number of nitrogens with zero attached hydrogens (tertiary/aromatic N) is 2. The molecule has 0 bridgehead atoms. The lowest BCUT2D eigenvalue weighted by atomic mass is 10.1. The van der Waals surface area contributed by atoms with Crippen molar-refractivity contribution in [3.05, 3.63) is 97.8 Å². The Bertz CT molecular complexity index is 1260. The van der Waals surface area contributed by atoms with Gasteiger partial charge < -0.3 is 0 Å². The van der Waals surface area contributed by atoms with E-state index in [-0.39, 0.29) is 5.56 Å². The minimum absolute atomic E-state index is 0.0784. The standard InChI is InChI=1S/C23H18Cl2N2OS/c1-14-9-15(2)11-18(10-14)27-22(28)19-5-3-4-6-21(19)26-23(27)29-13-16-7-8-17(24)12-20(16)25/h3-12H,13H2,1-2H3. The van der Waals surface area contributed by atoms with Crippen LogP contribution in [0.1, 0.15) is 16.7 Å². The van der Waals surface area contributed by atoms with Crippen molar-refractivity contribution in [2.75, 3.05) is 0 Å². The van der Waals surface area contributed by atoms with Crippen molar-refractivity contribution >= 4 is 45.9 Å². The molecule has 4 rings (SSSR count). The summed E-state index contributed by atoms with van der Waals surface area (Å²) in [5.41, 5.74) is 4.55. The molecular weight excluding hydrogens is 423 g/mol. The number of thioether (sulfide) groups is 1. The molecule has 3 nitrogen and oxygen atoms in total. The smallest absolute Gasteiger partial charge is 0.266 e. The van der Waals surface area contributed by atoms with Crippen LogP contribution in [0, 0.1) is 13.8 Å². The van der Waals surface area contributed by atoms with Crippen LogP contribution in [0.4, 0.5) is 0 Å². The van der Waals surface area contributed by atoms with Crippen molar-refractivity contribution < 1.29 is 0 Å². The lowest BCUT2D eigenvalue weighted by Gasteiger charge is -2.15. The van der Waals surface area contributed by atoms with E-state index in [9.17, 15) is 4.79 Å². The van der Waals surface area contributed by atoms with Gasteiger partial charge in [-0.3, -0.25) is 9.36 Å². The van der Waals surface area contributed by atoms with Gasteiger partial charge in [0.2, 0.25) is 0 Å². The summed E-state index contributed by atoms with van der Waals surface area (Å²) in [5, 5.41) is 2.43. The van der Waals surface area contributed by atoms with Crippen LogP contribution in [0.2, 0.25) is 10.0 Å². The summed E-state index contributed by atoms with van der Waals surface area (Å²) >= 11 is 13.8. The van der Waals surface area contributed by atoms with E-state index in [1.54, 1.807) is 10.6 Å². The fourth-order valence-corrected chi connectivity index (χ4v) is 4.87. The minimum Gasteiger partial charge on any atom is -0.268 e. The summed E-state index contributed by atoms with van der Waals surface area (Å²) in [6.07, 6.45) is 0. The van der Waals surface area contributed by atoms with Gasteiger partial charge in [0.15, 0.2) is 5.16 Å². The number of aryl methyl sites for hydroxylation is 2. The molecule has 1 aromatic heterocycles. The Morgan fingerprint density at radius 2 is 1.69 bits per heavy atom. The van der Waals surface area contributed by atoms with Gasteiger partial charge in [0, 0.05) is 15.8 Å². The SMILES string of the molecule is Cc1cc(C)cc(-n2c(SCc3ccc(Cl)cc3Cl)nc3ccccc3c2=O)c1. The van der Waals surface area contributed by atoms with E-state index in [4.69, 9.17) is 28.2 Å². The Balaban J connectivity index is 1.86. The van der Waals surface area contributed by atoms with Gasteiger partial charge in [0.25, 0.3) is 5.56 Å². The van der Waals surface area contributed by atoms with Gasteiger partial charge in [-0.15, -0.1) is 0 Å². The molecule has 0 saturated heterocycles. The molecule has 3 aromatic carbocycles. The minimum atomic E-state index is -0.0784. The molecule has 0 N–H and O–H groups in total. The van der Waals surface area contributed by atoms with E-state index in [1.807, 2.05) is 62.4 Å². The number of hydrogen-bond acceptors (Lipinski definition) is 3. The van der Waals surface area contributed by atoms with Gasteiger partial charge in [0.05, 0.1) is 16.6 Å². The Labute approximate surface area is 183 Å². The van der Waals surface area contributed by atoms with Crippen LogP contribution in [-0.4, -0.2) is 9.55 Å². The van der Waals surface area contributed by atoms with Gasteiger partial charge in [-0.05, 0) is 66.9 Å². The van der Waals surface area contributed by atoms with Crippen LogP contribution < -0.4 is 5.56 Å². The predicted octanol–water partition coefficient (Wildman–Crippen LogP) is 6.60. The maximum atomic E-state index is 13.4. The Morgan fingerprint density at radius 3 is 2.41 bits per heavy atom. The third-order valence-electron chi connectivity index (χ3n) is 4.58. The molecule has 6 heteroatoms. The number of rotatable bonds is 4. The molecule has 0 amide bonds. The molecule has 146 valence electrons. The summed E-state index contributed by atoms with van der Waals surface area (Å²) in [6, 6.07) is 19.0. The van der Waals surface area contributed by atoms with E-state index >= 15 is 0 Å². The second kappa shape index (κ2) is 8.23. The Morgan fingerprint density at radius 1 is 0.966 bits per heavy atom. The number of benzene rings is 3. The molecule has 0 atom stereocenters. The monoisotopic (exact) mass is 440 g/mol. The summed E-state index contributed by atoms with van der Waals surface area (Å²) < 4.78 is 1.69. The number of hydrogen-bond donors (Lipinski definition) is 0. The van der Waals surface area contributed by atoms with Gasteiger partial charge in [-0.2, -0.15) is 0 Å². The zero-order valence-electron chi connectivity index (χ0n) is 15.9. The Hall–Kier alpha value is -2.27. The van der Waals surface area contributed by atoms with E-state index in [2.05, 4.69) is 6.07 Å². The van der Waals surface area contributed by atoms with Gasteiger partial charge >= 0.3 is 0 Å². The van der Waals surface area contributed by atoms with E-state index in [0.717, 1.165) is 22.4 Å². The molecule has 0 radical (unpaired) electrons. The van der Waals surface area contributed by atoms with Crippen LogP contribution in [0.3, 0.4) is 0 Å². The van der Waals surface area contributed by atoms with E-state index in [0.29, 0.717) is 31.9 Å². The highest BCUT2D eigenvalue weighted by Crippen LogP contribution is 2.29. The lowest BCUT2D eigenvalue weighted by molar-refractivity contribution is 0.818. The highest BCUT2D eigenvalue weighted by molar-refractivity contribution is 7.98. The van der Waals surface area contributed by atoms with Crippen molar-refractivity contribution in [1.82, 2.24) is 9.55 Å². The zero-order valence-corrected chi connectivity index (χ0v) is 18.3. The van der Waals surface area contributed by atoms with Crippen LogP contribution in [0.15, 0.2) is 70.6 Å². The summed E-state index contributed by atoms with van der Waals surface area (Å²) in [6.45, 7) is 4.05. The molecular formula is C23H18Cl2N2OS. The molecule has 0 fully saturated rings. The third-order valence-corrected chi connectivity index (χ3v) is 6.16. The molecule has 0 saturated carbocycles. The third kappa shape index (κ3) is 4.20. The molecule has 0 aliphatic heterocycles. The average Bonchev–Trinajstić information content (AvgIpc) is 2.66. The molecule has 0 unspecified atom stereocenters. The molecule has 1 heterocycles. The number of para-hydroxylation sites is 1. The van der Waals surface area contributed by atoms with Gasteiger partial charge in [0.1, 0.15) is 0 Å². The summed E-state index contributed by atoms with van der Waals surface area (Å²) in [7, 11) is 0. The first-order valence-electron chi connectivity index (χ1n) is 9.09. The van der Waals surface area contributed by atoms with E-state index in [1.165, 1.54) is 11.8 Å². The zero-order chi connectivity index (χ0) is 20.5. The molecule has 0 aliphatic rings. The van der Waals surface area contributed by atoms with Crippen LogP contribution in [-0.2, 0) is 5.75 Å². The average molecular weight is 441 g/mol. The highest BCUT2D eigenvalue weighted by atomic mass is 35.5. The van der Waals surface area contributed by atoms with Crippen LogP contribution in [0.25, 0.3) is 16.6 Å². The predicted molar refractivity (Wildman–Crippen MR) is 123 cm³/mol. The normalized spacial score (nSPS) is 11.2. The van der Waals surface area contributed by atoms with Crippen molar-refractivity contribution in [2.45, 2.75) is 24.8 Å². The maximum absolute atomic E-state index is 13.4. The fourth-order valence-electron chi connectivity index (χ4n) is 3.30. The second-order valence-corrected chi connectivity index (χ2v) is 8.71. The summed E-state index contributed by atoms with van der Waals surface area (Å²) in [4.78, 5) is 18.2. The first-order valence-corrected chi connectivity index (χ1v) is 10.8. The van der Waals surface area contributed by atoms with Gasteiger partial charge in [-0.1, -0.05) is 59.2 Å². The van der Waals surface area contributed by atoms with Crippen LogP contribution in [0.5, 0.6) is 0 Å². The van der Waals surface area contributed by atoms with Crippen molar-refractivity contribution in [2.24, 2.45) is 0 Å². The lowest BCUT2D eigenvalue weighted by Crippen LogP contribution is -2.22. The first kappa shape index (κ1) is 20.0. The number of fused-ring (bicyclic) bond motifs is 1. The van der Waals surface area contributed by atoms with Crippen molar-refractivity contribution in [3.8, 4) is 5.69 Å². The number of aromatic nitrogens is 2. The largest absolute Gasteiger partial charge is 0.268 e. The molecule has 29 heavy (non-hydrogen) atoms. The fraction of sp³-hybridized carbons (Fsp3) is 0.130. The molecule has 4 aromatic rings. The molecule has 0 spiro atoms. The van der Waals surface area contributed by atoms with Gasteiger partial charge in [-0.25, -0.2) is 4.98 Å². The first-order chi connectivity index (χ1) is 13.9. The maximum Gasteiger partial charge on any atom is 0.266 e. The van der Waals surface area contributed by atoms with Crippen molar-refractivity contribution in [1.29, 1.82) is 0 Å². The summed E-state index contributed by atoms with van der Waals surface area (Å²) in [5.74, 6) is 0.575. The highest BCUT2D eigenvalue weighted by Gasteiger charge is 2.15. The van der Waals surface area contributed by atoms with E-state index < -0.39 is 0 Å². The molecule has 0 aliphatic carbocycles. The topological polar surface area (TPSA) is 34.9 Å². The second-order valence-electron chi connectivity index (χ2n) is 6.92. The van der Waals surface area contributed by atoms with Crippen LogP contribution >= 0.6 is 35.0 Å². The number of halogens is 2. The Kier molecular flexibility index (Phi) is 5.68. The van der Waals surface area contributed by atoms with Crippen molar-refractivity contribution in [3.63, 3.8) is 0 Å². The quantitative estimate of drug-likeness (QED) is 0.264.